The van der Waals surface area contributed by atoms with Crippen LogP contribution in [0.3, 0.4) is 0 Å². The summed E-state index contributed by atoms with van der Waals surface area (Å²) in [4.78, 5) is 12.3. The fourth-order valence-corrected chi connectivity index (χ4v) is 4.54. The summed E-state index contributed by atoms with van der Waals surface area (Å²) in [7, 11) is 0. The van der Waals surface area contributed by atoms with E-state index in [1.807, 2.05) is 18.2 Å². The van der Waals surface area contributed by atoms with E-state index in [2.05, 4.69) is 0 Å². The van der Waals surface area contributed by atoms with Crippen molar-refractivity contribution in [1.29, 1.82) is 0 Å². The largest absolute Gasteiger partial charge is 0.508 e. The molecule has 2 heterocycles. The van der Waals surface area contributed by atoms with Gasteiger partial charge in [-0.25, -0.2) is 4.79 Å². The molecular weight excluding hydrogens is 540 g/mol. The first-order valence-electron chi connectivity index (χ1n) is 13.3. The summed E-state index contributed by atoms with van der Waals surface area (Å²) in [6.45, 7) is 1.25. The van der Waals surface area contributed by atoms with Crippen molar-refractivity contribution in [2.75, 3.05) is 13.2 Å². The molecule has 0 saturated carbocycles. The highest BCUT2D eigenvalue weighted by atomic mass is 16.7. The van der Waals surface area contributed by atoms with E-state index in [0.717, 1.165) is 11.1 Å². The monoisotopic (exact) mass is 576 g/mol. The molecule has 2 aliphatic heterocycles. The normalized spacial score (nSPS) is 34.0. The standard InChI is InChI=1S/C29H36O12/c1-16-27(41-21(31)12-9-17-5-3-2-4-6-17)24(34)26(36)29(39-16)38-15-20-22(32)23(33)25(35)28(40-20)37-14-13-18-7-10-19(30)11-8-18/h2-12,16,20,22-30,32-36H,13-15H2,1H3/t16-,20+,22-,23-,24-,25-,26-,27-,28-,29-/m1/s1. The first kappa shape index (κ1) is 31.0. The lowest BCUT2D eigenvalue weighted by atomic mass is 9.98. The van der Waals surface area contributed by atoms with Crippen LogP contribution < -0.4 is 0 Å². The highest BCUT2D eigenvalue weighted by Gasteiger charge is 2.48. The number of rotatable bonds is 10. The van der Waals surface area contributed by atoms with Gasteiger partial charge in [-0.05, 0) is 42.7 Å². The van der Waals surface area contributed by atoms with Crippen LogP contribution in [-0.4, -0.2) is 111 Å². The number of hydrogen-bond donors (Lipinski definition) is 6. The topological polar surface area (TPSA) is 185 Å². The van der Waals surface area contributed by atoms with Crippen LogP contribution in [0, 0.1) is 0 Å². The maximum atomic E-state index is 12.3. The molecule has 2 aromatic carbocycles. The predicted molar refractivity (Wildman–Crippen MR) is 142 cm³/mol. The van der Waals surface area contributed by atoms with Crippen molar-refractivity contribution in [3.8, 4) is 5.75 Å². The van der Waals surface area contributed by atoms with E-state index in [0.29, 0.717) is 6.42 Å². The van der Waals surface area contributed by atoms with Crippen molar-refractivity contribution in [3.05, 3.63) is 71.8 Å². The molecule has 0 radical (unpaired) electrons. The van der Waals surface area contributed by atoms with Crippen molar-refractivity contribution in [2.45, 2.75) is 74.8 Å². The lowest BCUT2D eigenvalue weighted by molar-refractivity contribution is -0.328. The summed E-state index contributed by atoms with van der Waals surface area (Å²) in [5, 5.41) is 61.7. The fraction of sp³-hybridized carbons (Fsp3) is 0.483. The molecule has 12 heteroatoms. The molecule has 2 fully saturated rings. The van der Waals surface area contributed by atoms with Gasteiger partial charge < -0.3 is 54.3 Å². The van der Waals surface area contributed by atoms with Gasteiger partial charge in [0.25, 0.3) is 0 Å². The van der Waals surface area contributed by atoms with E-state index < -0.39 is 74.0 Å². The summed E-state index contributed by atoms with van der Waals surface area (Å²) < 4.78 is 27.7. The molecule has 41 heavy (non-hydrogen) atoms. The summed E-state index contributed by atoms with van der Waals surface area (Å²) in [5.74, 6) is -0.607. The molecular formula is C29H36O12. The Hall–Kier alpha value is -2.91. The van der Waals surface area contributed by atoms with Crippen LogP contribution in [0.5, 0.6) is 5.75 Å². The van der Waals surface area contributed by atoms with Crippen molar-refractivity contribution >= 4 is 12.0 Å². The third-order valence-electron chi connectivity index (χ3n) is 6.94. The van der Waals surface area contributed by atoms with Gasteiger partial charge in [0.05, 0.1) is 19.3 Å². The quantitative estimate of drug-likeness (QED) is 0.163. The minimum Gasteiger partial charge on any atom is -0.508 e. The van der Waals surface area contributed by atoms with Crippen molar-refractivity contribution in [2.24, 2.45) is 0 Å². The van der Waals surface area contributed by atoms with E-state index in [4.69, 9.17) is 23.7 Å². The van der Waals surface area contributed by atoms with Crippen LogP contribution in [0.15, 0.2) is 60.7 Å². The number of aromatic hydroxyl groups is 1. The summed E-state index contributed by atoms with van der Waals surface area (Å²) >= 11 is 0. The maximum absolute atomic E-state index is 12.3. The molecule has 0 aliphatic carbocycles. The van der Waals surface area contributed by atoms with Crippen LogP contribution in [0.4, 0.5) is 0 Å². The second-order valence-corrected chi connectivity index (χ2v) is 9.97. The predicted octanol–water partition coefficient (Wildman–Crippen LogP) is -0.133. The average molecular weight is 577 g/mol. The molecule has 0 unspecified atom stereocenters. The first-order chi connectivity index (χ1) is 19.6. The van der Waals surface area contributed by atoms with Crippen LogP contribution in [-0.2, 0) is 34.9 Å². The Morgan fingerprint density at radius 3 is 2.20 bits per heavy atom. The second kappa shape index (κ2) is 14.3. The molecule has 0 amide bonds. The number of ether oxygens (including phenoxy) is 5. The highest BCUT2D eigenvalue weighted by molar-refractivity contribution is 5.87. The van der Waals surface area contributed by atoms with E-state index >= 15 is 0 Å². The second-order valence-electron chi connectivity index (χ2n) is 9.97. The van der Waals surface area contributed by atoms with Crippen LogP contribution in [0.25, 0.3) is 6.08 Å². The SMILES string of the molecule is C[C@H]1O[C@@H](OC[C@@H]2O[C@@H](OCCc3ccc(O)cc3)[C@H](O)[C@H](O)[C@@H]2O)[C@H](O)[C@@H](O)[C@@H]1OC(=O)C=Cc1ccccc1. The minimum absolute atomic E-state index is 0.109. The van der Waals surface area contributed by atoms with Gasteiger partial charge in [-0.3, -0.25) is 0 Å². The number of benzene rings is 2. The van der Waals surface area contributed by atoms with Gasteiger partial charge in [-0.1, -0.05) is 42.5 Å². The number of phenols is 1. The summed E-state index contributed by atoms with van der Waals surface area (Å²) in [6, 6.07) is 15.6. The van der Waals surface area contributed by atoms with Gasteiger partial charge >= 0.3 is 5.97 Å². The van der Waals surface area contributed by atoms with E-state index in [1.165, 1.54) is 25.1 Å². The Morgan fingerprint density at radius 1 is 0.829 bits per heavy atom. The van der Waals surface area contributed by atoms with Gasteiger partial charge in [0.2, 0.25) is 0 Å². The highest BCUT2D eigenvalue weighted by Crippen LogP contribution is 2.27. The molecule has 10 atom stereocenters. The molecule has 0 bridgehead atoms. The first-order valence-corrected chi connectivity index (χ1v) is 13.3. The Balaban J connectivity index is 1.28. The molecule has 0 aromatic heterocycles. The lowest BCUT2D eigenvalue weighted by Crippen LogP contribution is -2.61. The van der Waals surface area contributed by atoms with Crippen LogP contribution in [0.1, 0.15) is 18.1 Å². The van der Waals surface area contributed by atoms with Crippen LogP contribution in [0.2, 0.25) is 0 Å². The maximum Gasteiger partial charge on any atom is 0.331 e. The molecule has 12 nitrogen and oxygen atoms in total. The molecule has 2 aliphatic rings. The van der Waals surface area contributed by atoms with Crippen molar-refractivity contribution in [1.82, 2.24) is 0 Å². The zero-order valence-corrected chi connectivity index (χ0v) is 22.4. The van der Waals surface area contributed by atoms with Gasteiger partial charge in [-0.2, -0.15) is 0 Å². The van der Waals surface area contributed by atoms with Gasteiger partial charge in [0, 0.05) is 6.08 Å². The Bertz CT molecular complexity index is 1130. The van der Waals surface area contributed by atoms with Gasteiger partial charge in [0.1, 0.15) is 42.4 Å². The Kier molecular flexibility index (Phi) is 10.8. The van der Waals surface area contributed by atoms with Crippen molar-refractivity contribution < 1.29 is 59.1 Å². The summed E-state index contributed by atoms with van der Waals surface area (Å²) in [6.07, 6.45) is -10.5. The molecule has 6 N–H and O–H groups in total. The molecule has 2 aromatic rings. The number of esters is 1. The summed E-state index contributed by atoms with van der Waals surface area (Å²) in [5.41, 5.74) is 1.64. The van der Waals surface area contributed by atoms with E-state index in [-0.39, 0.29) is 12.4 Å². The molecule has 0 spiro atoms. The zero-order chi connectivity index (χ0) is 29.5. The number of aliphatic hydroxyl groups is 5. The van der Waals surface area contributed by atoms with Gasteiger partial charge in [0.15, 0.2) is 18.7 Å². The number of aliphatic hydroxyl groups excluding tert-OH is 5. The van der Waals surface area contributed by atoms with E-state index in [1.54, 1.807) is 30.3 Å². The molecule has 2 saturated heterocycles. The minimum atomic E-state index is -1.62. The number of carbonyl (C=O) groups excluding carboxylic acids is 1. The molecule has 224 valence electrons. The zero-order valence-electron chi connectivity index (χ0n) is 22.4. The van der Waals surface area contributed by atoms with Gasteiger partial charge in [-0.15, -0.1) is 0 Å². The van der Waals surface area contributed by atoms with Crippen LogP contribution >= 0.6 is 0 Å². The Labute approximate surface area is 236 Å². The lowest BCUT2D eigenvalue weighted by Gasteiger charge is -2.43. The number of phenolic OH excluding ortho intramolecular Hbond substituents is 1. The average Bonchev–Trinajstić information content (AvgIpc) is 2.97. The molecule has 4 rings (SSSR count). The third kappa shape index (κ3) is 8.10. The Morgan fingerprint density at radius 2 is 1.49 bits per heavy atom. The smallest absolute Gasteiger partial charge is 0.331 e. The van der Waals surface area contributed by atoms with E-state index in [9.17, 15) is 35.4 Å². The van der Waals surface area contributed by atoms with Crippen molar-refractivity contribution in [3.63, 3.8) is 0 Å². The number of hydrogen-bond acceptors (Lipinski definition) is 12. The third-order valence-corrected chi connectivity index (χ3v) is 6.94. The fourth-order valence-electron chi connectivity index (χ4n) is 4.54. The number of carbonyl (C=O) groups is 1.